The quantitative estimate of drug-likeness (QED) is 0.634. The molecule has 18 heavy (non-hydrogen) atoms. The lowest BCUT2D eigenvalue weighted by Gasteiger charge is -2.13. The Balaban J connectivity index is 2.02. The molecule has 0 radical (unpaired) electrons. The van der Waals surface area contributed by atoms with Gasteiger partial charge in [0.25, 0.3) is 0 Å². The lowest BCUT2D eigenvalue weighted by atomic mass is 10.2. The van der Waals surface area contributed by atoms with Gasteiger partial charge in [0.15, 0.2) is 0 Å². The maximum Gasteiger partial charge on any atom is 0.0897 e. The van der Waals surface area contributed by atoms with Crippen molar-refractivity contribution >= 4 is 0 Å². The van der Waals surface area contributed by atoms with E-state index >= 15 is 0 Å². The van der Waals surface area contributed by atoms with Crippen LogP contribution < -0.4 is 5.32 Å². The maximum atomic E-state index is 9.67. The van der Waals surface area contributed by atoms with E-state index in [4.69, 9.17) is 4.74 Å². The molecule has 0 aliphatic carbocycles. The summed E-state index contributed by atoms with van der Waals surface area (Å²) in [4.78, 5) is 0. The molecular weight excluding hydrogens is 230 g/mol. The summed E-state index contributed by atoms with van der Waals surface area (Å²) in [6.07, 6.45) is 2.27. The number of nitrogens with one attached hydrogen (secondary N) is 1. The van der Waals surface area contributed by atoms with E-state index in [-0.39, 0.29) is 0 Å². The van der Waals surface area contributed by atoms with Crippen LogP contribution in [0.1, 0.15) is 19.5 Å². The number of aliphatic hydroxyl groups excluding tert-OH is 1. The van der Waals surface area contributed by atoms with Gasteiger partial charge in [-0.25, -0.2) is 0 Å². The van der Waals surface area contributed by atoms with Crippen molar-refractivity contribution in [3.8, 4) is 0 Å². The molecule has 0 aliphatic heterocycles. The molecule has 1 unspecified atom stereocenters. The Bertz CT molecular complexity index is 326. The Labute approximate surface area is 109 Å². The molecule has 1 heterocycles. The number of rotatable bonds is 9. The van der Waals surface area contributed by atoms with Crippen molar-refractivity contribution in [2.45, 2.75) is 26.4 Å². The molecule has 0 fully saturated rings. The molecule has 1 rings (SSSR count). The first kappa shape index (κ1) is 15.1. The summed E-state index contributed by atoms with van der Waals surface area (Å²) in [7, 11) is 1.93. The fourth-order valence-corrected chi connectivity index (χ4v) is 1.63. The second kappa shape index (κ2) is 8.24. The summed E-state index contributed by atoms with van der Waals surface area (Å²) in [5, 5.41) is 17.0. The maximum absolute atomic E-state index is 9.67. The largest absolute Gasteiger partial charge is 0.389 e. The highest BCUT2D eigenvalue weighted by Gasteiger charge is 2.05. The monoisotopic (exact) mass is 255 g/mol. The number of hydrogen-bond acceptors (Lipinski definition) is 4. The Hall–Kier alpha value is -0.910. The van der Waals surface area contributed by atoms with Crippen LogP contribution in [0.15, 0.2) is 12.3 Å². The third-order valence-corrected chi connectivity index (χ3v) is 2.62. The van der Waals surface area contributed by atoms with E-state index in [2.05, 4.69) is 24.3 Å². The fraction of sp³-hybridized carbons (Fsp3) is 0.769. The van der Waals surface area contributed by atoms with Crippen molar-refractivity contribution < 1.29 is 9.84 Å². The van der Waals surface area contributed by atoms with Gasteiger partial charge in [0, 0.05) is 45.1 Å². The predicted molar refractivity (Wildman–Crippen MR) is 71.4 cm³/mol. The summed E-state index contributed by atoms with van der Waals surface area (Å²) in [6, 6.07) is 2.00. The third-order valence-electron chi connectivity index (χ3n) is 2.62. The number of ether oxygens (including phenoxy) is 1. The molecule has 104 valence electrons. The van der Waals surface area contributed by atoms with E-state index in [0.29, 0.717) is 25.7 Å². The zero-order valence-corrected chi connectivity index (χ0v) is 11.6. The van der Waals surface area contributed by atoms with Gasteiger partial charge >= 0.3 is 0 Å². The molecule has 0 saturated carbocycles. The van der Waals surface area contributed by atoms with Gasteiger partial charge in [-0.05, 0) is 12.0 Å². The molecule has 0 aliphatic rings. The standard InChI is InChI=1S/C13H25N3O2/c1-11(2)9-18-10-13(17)8-14-6-4-12-5-7-15-16(12)3/h5,7,11,13-14,17H,4,6,8-10H2,1-3H3. The van der Waals surface area contributed by atoms with Crippen molar-refractivity contribution in [1.29, 1.82) is 0 Å². The number of hydrogen-bond donors (Lipinski definition) is 2. The molecule has 0 spiro atoms. The van der Waals surface area contributed by atoms with Crippen LogP contribution in [0.25, 0.3) is 0 Å². The summed E-state index contributed by atoms with van der Waals surface area (Å²) in [6.45, 7) is 6.69. The van der Waals surface area contributed by atoms with Gasteiger partial charge in [0.2, 0.25) is 0 Å². The first-order valence-corrected chi connectivity index (χ1v) is 6.53. The first-order valence-electron chi connectivity index (χ1n) is 6.53. The Morgan fingerprint density at radius 2 is 2.22 bits per heavy atom. The van der Waals surface area contributed by atoms with Crippen molar-refractivity contribution in [2.24, 2.45) is 13.0 Å². The van der Waals surface area contributed by atoms with Gasteiger partial charge in [-0.2, -0.15) is 5.10 Å². The minimum Gasteiger partial charge on any atom is -0.389 e. The number of aryl methyl sites for hydroxylation is 1. The minimum absolute atomic E-state index is 0.400. The van der Waals surface area contributed by atoms with Crippen LogP contribution in [0.4, 0.5) is 0 Å². The highest BCUT2D eigenvalue weighted by molar-refractivity contribution is 5.00. The molecule has 2 N–H and O–H groups in total. The topological polar surface area (TPSA) is 59.3 Å². The Morgan fingerprint density at radius 1 is 1.44 bits per heavy atom. The molecule has 5 nitrogen and oxygen atoms in total. The highest BCUT2D eigenvalue weighted by atomic mass is 16.5. The van der Waals surface area contributed by atoms with Crippen LogP contribution >= 0.6 is 0 Å². The summed E-state index contributed by atoms with van der Waals surface area (Å²) in [5.74, 6) is 0.509. The van der Waals surface area contributed by atoms with Crippen LogP contribution in [-0.4, -0.2) is 47.3 Å². The van der Waals surface area contributed by atoms with Gasteiger partial charge in [0.05, 0.1) is 12.7 Å². The van der Waals surface area contributed by atoms with Gasteiger partial charge in [-0.15, -0.1) is 0 Å². The van der Waals surface area contributed by atoms with Gasteiger partial charge in [-0.1, -0.05) is 13.8 Å². The smallest absolute Gasteiger partial charge is 0.0897 e. The molecule has 0 saturated heterocycles. The van der Waals surface area contributed by atoms with Crippen molar-refractivity contribution in [2.75, 3.05) is 26.3 Å². The SMILES string of the molecule is CC(C)COCC(O)CNCCc1ccnn1C. The first-order chi connectivity index (χ1) is 8.59. The molecule has 1 aromatic rings. The average Bonchev–Trinajstić information content (AvgIpc) is 2.70. The van der Waals surface area contributed by atoms with Crippen molar-refractivity contribution in [1.82, 2.24) is 15.1 Å². The third kappa shape index (κ3) is 6.14. The van der Waals surface area contributed by atoms with Crippen LogP contribution in [0.3, 0.4) is 0 Å². The van der Waals surface area contributed by atoms with E-state index in [1.54, 1.807) is 6.20 Å². The molecule has 0 bridgehead atoms. The van der Waals surface area contributed by atoms with Crippen LogP contribution in [-0.2, 0) is 18.2 Å². The molecular formula is C13H25N3O2. The van der Waals surface area contributed by atoms with E-state index in [1.165, 1.54) is 5.69 Å². The summed E-state index contributed by atoms with van der Waals surface area (Å²) < 4.78 is 7.24. The zero-order chi connectivity index (χ0) is 13.4. The number of nitrogens with zero attached hydrogens (tertiary/aromatic N) is 2. The van der Waals surface area contributed by atoms with E-state index in [0.717, 1.165) is 13.0 Å². The predicted octanol–water partition coefficient (Wildman–Crippen LogP) is 0.586. The lowest BCUT2D eigenvalue weighted by Crippen LogP contribution is -2.32. The van der Waals surface area contributed by atoms with Gasteiger partial charge < -0.3 is 15.2 Å². The average molecular weight is 255 g/mol. The summed E-state index contributed by atoms with van der Waals surface area (Å²) >= 11 is 0. The lowest BCUT2D eigenvalue weighted by molar-refractivity contribution is 0.0263. The highest BCUT2D eigenvalue weighted by Crippen LogP contribution is 1.96. The minimum atomic E-state index is -0.435. The molecule has 1 aromatic heterocycles. The summed E-state index contributed by atoms with van der Waals surface area (Å²) in [5.41, 5.74) is 1.19. The molecule has 0 aromatic carbocycles. The van der Waals surface area contributed by atoms with Gasteiger partial charge in [-0.3, -0.25) is 4.68 Å². The fourth-order valence-electron chi connectivity index (χ4n) is 1.63. The molecule has 1 atom stereocenters. The van der Waals surface area contributed by atoms with E-state index < -0.39 is 6.10 Å². The van der Waals surface area contributed by atoms with Crippen molar-refractivity contribution in [3.05, 3.63) is 18.0 Å². The molecule has 5 heteroatoms. The Kier molecular flexibility index (Phi) is 6.93. The number of aliphatic hydroxyl groups is 1. The normalized spacial score (nSPS) is 13.2. The zero-order valence-electron chi connectivity index (χ0n) is 11.6. The van der Waals surface area contributed by atoms with E-state index in [1.807, 2.05) is 17.8 Å². The van der Waals surface area contributed by atoms with Crippen LogP contribution in [0, 0.1) is 5.92 Å². The second-order valence-electron chi connectivity index (χ2n) is 4.99. The molecule has 0 amide bonds. The second-order valence-corrected chi connectivity index (χ2v) is 4.99. The van der Waals surface area contributed by atoms with Crippen LogP contribution in [0.2, 0.25) is 0 Å². The Morgan fingerprint density at radius 3 is 2.83 bits per heavy atom. The van der Waals surface area contributed by atoms with Gasteiger partial charge in [0.1, 0.15) is 0 Å². The van der Waals surface area contributed by atoms with Crippen LogP contribution in [0.5, 0.6) is 0 Å². The number of aromatic nitrogens is 2. The van der Waals surface area contributed by atoms with Crippen molar-refractivity contribution in [3.63, 3.8) is 0 Å². The van der Waals surface area contributed by atoms with E-state index in [9.17, 15) is 5.11 Å².